The fourth-order valence-electron chi connectivity index (χ4n) is 1.55. The number of benzene rings is 2. The summed E-state index contributed by atoms with van der Waals surface area (Å²) in [5, 5.41) is 1.39. The Morgan fingerprint density at radius 3 is 2.74 bits per heavy atom. The molecule has 0 bridgehead atoms. The average molecular weight is 356 g/mol. The van der Waals surface area contributed by atoms with Crippen LogP contribution in [0.5, 0.6) is 5.75 Å². The number of hydrogen-bond donors (Lipinski definition) is 1. The smallest absolute Gasteiger partial charge is 0.217 e. The Hall–Kier alpha value is -1.30. The van der Waals surface area contributed by atoms with Gasteiger partial charge in [-0.05, 0) is 42.5 Å². The molecule has 0 saturated heterocycles. The van der Waals surface area contributed by atoms with E-state index in [1.807, 2.05) is 18.2 Å². The molecule has 6 heteroatoms. The monoisotopic (exact) mass is 354 g/mol. The first-order valence-electron chi connectivity index (χ1n) is 5.45. The van der Waals surface area contributed by atoms with Crippen LogP contribution in [0.3, 0.4) is 0 Å². The lowest BCUT2D eigenvalue weighted by Gasteiger charge is -2.04. The molecule has 0 aliphatic carbocycles. The van der Waals surface area contributed by atoms with Crippen LogP contribution in [0.15, 0.2) is 46.9 Å². The third kappa shape index (κ3) is 3.00. The van der Waals surface area contributed by atoms with Crippen molar-refractivity contribution in [1.82, 2.24) is 4.98 Å². The van der Waals surface area contributed by atoms with Crippen molar-refractivity contribution >= 4 is 54.2 Å². The number of anilines is 1. The number of halogens is 2. The van der Waals surface area contributed by atoms with E-state index >= 15 is 0 Å². The first-order chi connectivity index (χ1) is 9.20. The van der Waals surface area contributed by atoms with Gasteiger partial charge in [0.2, 0.25) is 5.13 Å². The Morgan fingerprint density at radius 2 is 1.95 bits per heavy atom. The van der Waals surface area contributed by atoms with Gasteiger partial charge in [-0.2, -0.15) is 5.48 Å². The minimum Gasteiger partial charge on any atom is -0.380 e. The number of nitrogens with zero attached hydrogens (tertiary/aromatic N) is 1. The van der Waals surface area contributed by atoms with Gasteiger partial charge >= 0.3 is 0 Å². The molecule has 0 fully saturated rings. The van der Waals surface area contributed by atoms with Crippen molar-refractivity contribution in [2.75, 3.05) is 5.48 Å². The number of hydrogen-bond acceptors (Lipinski definition) is 4. The Morgan fingerprint density at radius 1 is 1.16 bits per heavy atom. The van der Waals surface area contributed by atoms with Crippen LogP contribution in [0.1, 0.15) is 0 Å². The van der Waals surface area contributed by atoms with Gasteiger partial charge in [0.05, 0.1) is 10.2 Å². The molecule has 19 heavy (non-hydrogen) atoms. The zero-order chi connectivity index (χ0) is 13.2. The van der Waals surface area contributed by atoms with Gasteiger partial charge in [0.15, 0.2) is 5.75 Å². The third-order valence-corrected chi connectivity index (χ3v) is 4.10. The summed E-state index contributed by atoms with van der Waals surface area (Å²) in [4.78, 5) is 9.87. The van der Waals surface area contributed by atoms with Crippen molar-refractivity contribution in [3.63, 3.8) is 0 Å². The van der Waals surface area contributed by atoms with E-state index in [-0.39, 0.29) is 0 Å². The number of nitrogens with one attached hydrogen (secondary N) is 1. The van der Waals surface area contributed by atoms with Crippen molar-refractivity contribution in [3.05, 3.63) is 52.0 Å². The van der Waals surface area contributed by atoms with Crippen molar-refractivity contribution in [1.29, 1.82) is 0 Å². The lowest BCUT2D eigenvalue weighted by Crippen LogP contribution is -2.03. The molecule has 1 heterocycles. The van der Waals surface area contributed by atoms with E-state index < -0.39 is 0 Å². The van der Waals surface area contributed by atoms with Crippen LogP contribution in [0.25, 0.3) is 10.2 Å². The van der Waals surface area contributed by atoms with Gasteiger partial charge in [-0.25, -0.2) is 4.98 Å². The second kappa shape index (κ2) is 5.36. The summed E-state index contributed by atoms with van der Waals surface area (Å²) in [7, 11) is 0. The topological polar surface area (TPSA) is 34.1 Å². The summed E-state index contributed by atoms with van der Waals surface area (Å²) in [6, 6.07) is 13.1. The first kappa shape index (κ1) is 12.7. The Bertz CT molecular complexity index is 714. The van der Waals surface area contributed by atoms with Gasteiger partial charge in [0, 0.05) is 9.50 Å². The molecule has 0 unspecified atom stereocenters. The Kier molecular flexibility index (Phi) is 3.59. The molecule has 0 aliphatic rings. The molecule has 0 amide bonds. The molecule has 3 rings (SSSR count). The van der Waals surface area contributed by atoms with E-state index in [0.29, 0.717) is 15.9 Å². The average Bonchev–Trinajstić information content (AvgIpc) is 2.80. The second-order valence-electron chi connectivity index (χ2n) is 3.79. The van der Waals surface area contributed by atoms with Gasteiger partial charge in [-0.1, -0.05) is 38.9 Å². The first-order valence-corrected chi connectivity index (χ1v) is 7.44. The molecule has 0 spiro atoms. The number of rotatable bonds is 3. The van der Waals surface area contributed by atoms with E-state index in [1.165, 1.54) is 11.3 Å². The van der Waals surface area contributed by atoms with Crippen LogP contribution in [-0.4, -0.2) is 4.98 Å². The molecule has 0 atom stereocenters. The highest BCUT2D eigenvalue weighted by molar-refractivity contribution is 9.10. The van der Waals surface area contributed by atoms with Gasteiger partial charge in [-0.3, -0.25) is 0 Å². The lowest BCUT2D eigenvalue weighted by molar-refractivity contribution is 0.405. The Balaban J connectivity index is 1.76. The second-order valence-corrected chi connectivity index (χ2v) is 6.17. The number of fused-ring (bicyclic) bond motifs is 1. The molecular formula is C13H8BrClN2OS. The number of aromatic nitrogens is 1. The molecule has 3 nitrogen and oxygen atoms in total. The largest absolute Gasteiger partial charge is 0.380 e. The minimum atomic E-state index is 0.678. The fourth-order valence-corrected chi connectivity index (χ4v) is 2.81. The van der Waals surface area contributed by atoms with Crippen LogP contribution in [0.2, 0.25) is 5.02 Å². The molecule has 0 aliphatic heterocycles. The van der Waals surface area contributed by atoms with Gasteiger partial charge in [0.25, 0.3) is 0 Å². The highest BCUT2D eigenvalue weighted by Gasteiger charge is 2.04. The Labute approximate surface area is 127 Å². The van der Waals surface area contributed by atoms with E-state index in [0.717, 1.165) is 14.7 Å². The van der Waals surface area contributed by atoms with E-state index in [4.69, 9.17) is 16.4 Å². The minimum absolute atomic E-state index is 0.678. The number of thiazole rings is 1. The maximum atomic E-state index is 5.81. The zero-order valence-corrected chi connectivity index (χ0v) is 12.7. The van der Waals surface area contributed by atoms with Crippen molar-refractivity contribution in [2.24, 2.45) is 0 Å². The fraction of sp³-hybridized carbons (Fsp3) is 0. The summed E-state index contributed by atoms with van der Waals surface area (Å²) in [5.74, 6) is 0.685. The van der Waals surface area contributed by atoms with Crippen LogP contribution in [0, 0.1) is 0 Å². The summed E-state index contributed by atoms with van der Waals surface area (Å²) in [6.45, 7) is 0. The summed E-state index contributed by atoms with van der Waals surface area (Å²) in [5.41, 5.74) is 3.77. The molecule has 1 aromatic heterocycles. The summed E-state index contributed by atoms with van der Waals surface area (Å²) in [6.07, 6.45) is 0. The molecule has 96 valence electrons. The molecule has 1 N–H and O–H groups in total. The molecule has 3 aromatic rings. The zero-order valence-electron chi connectivity index (χ0n) is 9.56. The van der Waals surface area contributed by atoms with Gasteiger partial charge in [0.1, 0.15) is 0 Å². The molecular weight excluding hydrogens is 348 g/mol. The summed E-state index contributed by atoms with van der Waals surface area (Å²) < 4.78 is 2.11. The van der Waals surface area contributed by atoms with E-state index in [1.54, 1.807) is 24.3 Å². The van der Waals surface area contributed by atoms with Crippen molar-refractivity contribution in [3.8, 4) is 5.75 Å². The van der Waals surface area contributed by atoms with Gasteiger partial charge in [-0.15, -0.1) is 0 Å². The maximum absolute atomic E-state index is 5.81. The SMILES string of the molecule is Clc1ccc(ONc2nc3cc(Br)ccc3s2)cc1. The highest BCUT2D eigenvalue weighted by atomic mass is 79.9. The predicted molar refractivity (Wildman–Crippen MR) is 83.0 cm³/mol. The standard InChI is InChI=1S/C13H8BrClN2OS/c14-8-1-6-12-11(7-8)16-13(19-12)17-18-10-4-2-9(15)3-5-10/h1-7H,(H,16,17). The molecule has 2 aromatic carbocycles. The normalized spacial score (nSPS) is 10.6. The van der Waals surface area contributed by atoms with Crippen molar-refractivity contribution in [2.45, 2.75) is 0 Å². The van der Waals surface area contributed by atoms with Crippen LogP contribution in [-0.2, 0) is 0 Å². The lowest BCUT2D eigenvalue weighted by atomic mass is 10.3. The summed E-state index contributed by atoms with van der Waals surface area (Å²) >= 11 is 10.8. The van der Waals surface area contributed by atoms with Crippen molar-refractivity contribution < 1.29 is 4.84 Å². The molecule has 0 radical (unpaired) electrons. The van der Waals surface area contributed by atoms with Crippen LogP contribution >= 0.6 is 38.9 Å². The predicted octanol–water partition coefficient (Wildman–Crippen LogP) is 5.12. The van der Waals surface area contributed by atoms with E-state index in [9.17, 15) is 0 Å². The van der Waals surface area contributed by atoms with Gasteiger partial charge < -0.3 is 4.84 Å². The third-order valence-electron chi connectivity index (χ3n) is 2.42. The van der Waals surface area contributed by atoms with Crippen LogP contribution < -0.4 is 10.3 Å². The highest BCUT2D eigenvalue weighted by Crippen LogP contribution is 2.28. The molecule has 0 saturated carbocycles. The quantitative estimate of drug-likeness (QED) is 0.662. The van der Waals surface area contributed by atoms with Crippen LogP contribution in [0.4, 0.5) is 5.13 Å². The van der Waals surface area contributed by atoms with E-state index in [2.05, 4.69) is 26.4 Å². The maximum Gasteiger partial charge on any atom is 0.217 e.